The molecular weight excluding hydrogens is 1730 g/mol. The molecule has 794 valence electrons. The average molecular weight is 1970 g/mol. The number of thiol groups is 1. The molecule has 136 heavy (non-hydrogen) atoms. The zero-order chi connectivity index (χ0) is 101. The molecule has 0 amide bonds. The maximum absolute atomic E-state index is 12.7. The second kappa shape index (κ2) is 141. The van der Waals surface area contributed by atoms with Gasteiger partial charge < -0.3 is 32.4 Å². The third-order valence-electron chi connectivity index (χ3n) is 25.0. The van der Waals surface area contributed by atoms with Crippen molar-refractivity contribution in [2.45, 2.75) is 585 Å². The zero-order valence-electron chi connectivity index (χ0n) is 93.9. The standard InChI is InChI=1S/C43H79NOS.C38H70.C37H68S.C6H13NO2.CH3F.Na.H2OS/c1-5-7-9-11-13-15-17-19-21-23-25-27-29-31-33-35-38-42(46-43(45)40-37-41-44(3)4)39-36-34-32-30-28-26-24-22-20-18-16-14-12-10-8-6-2;1-4-6-8-10-12-14-16-18-20-22-24-26-28-30-32-34-36-38(3)37-35-33-31-29-27-25-23-21-19-17-15-13-11-9-7-5-2;1-3-5-7-9-11-13-15-17-19-21-23-25-27-29-31-33-35-37(38)36-34-32-30-28-26-24-22-20-18-16-14-12-10-8-6-4-2;1-7(2)5-3-4-6(8)9;1-2;;1-2/h13-16,19-22,42H,5-12,17-18,23-41H2,1-4H3;12-15,18-21,38H,4-11,16-17,22-37H2,1-3H3;11-14,17-20,37-38H,3-10,15-16,21-36H2,1-2H3;3-5H2,1-2H3,(H,8,9);1H3;;1-2H/q;;;;;+1;/p-1/b15-13-,16-14-,21-19-,22-20-;14-12-,15-13-,20-18-,21-19-;13-11-,14-12-,19-17-,20-18-;;;;/i;;;;1D;;. The number of carbonyl (C=O) groups excluding carboxylic acids is 1. The van der Waals surface area contributed by atoms with E-state index in [1.54, 1.807) is 11.8 Å². The van der Waals surface area contributed by atoms with E-state index in [0.717, 1.165) is 76.8 Å². The Hall–Kier alpha value is -2.12. The van der Waals surface area contributed by atoms with Crippen LogP contribution in [0.15, 0.2) is 146 Å². The van der Waals surface area contributed by atoms with Gasteiger partial charge in [0.25, 0.3) is 0 Å². The van der Waals surface area contributed by atoms with Gasteiger partial charge in [-0.3, -0.25) is 14.0 Å². The molecule has 0 saturated carbocycles. The summed E-state index contributed by atoms with van der Waals surface area (Å²) in [6, 6.07) is 0. The van der Waals surface area contributed by atoms with Gasteiger partial charge in [0, 0.05) is 23.3 Å². The maximum Gasteiger partial charge on any atom is 1.00 e. The van der Waals surface area contributed by atoms with Crippen LogP contribution in [0.25, 0.3) is 0 Å². The van der Waals surface area contributed by atoms with Crippen molar-refractivity contribution >= 4 is 48.4 Å². The number of allylic oxidation sites excluding steroid dienone is 24. The normalized spacial score (nSPS) is 12.1. The van der Waals surface area contributed by atoms with Crippen LogP contribution in [0, 0.1) is 5.92 Å². The molecule has 0 bridgehead atoms. The van der Waals surface area contributed by atoms with E-state index in [4.69, 9.17) is 23.7 Å². The van der Waals surface area contributed by atoms with Crippen LogP contribution in [0.4, 0.5) is 4.39 Å². The van der Waals surface area contributed by atoms with Crippen LogP contribution in [0.2, 0.25) is 0 Å². The molecule has 0 heterocycles. The molecule has 0 aromatic heterocycles. The number of hydrogen-bond acceptors (Lipinski definition) is 8. The van der Waals surface area contributed by atoms with Gasteiger partial charge in [-0.25, -0.2) is 0 Å². The van der Waals surface area contributed by atoms with E-state index in [1.807, 2.05) is 19.0 Å². The summed E-state index contributed by atoms with van der Waals surface area (Å²) in [6.07, 6.45) is 163. The molecule has 0 atom stereocenters. The first kappa shape index (κ1) is 145. The van der Waals surface area contributed by atoms with Gasteiger partial charge in [-0.15, -0.1) is 0 Å². The second-order valence-corrected chi connectivity index (χ2v) is 41.4. The number of thioether (sulfide) groups is 1. The number of unbranched alkanes of at least 4 members (excludes halogenated alkanes) is 54. The number of carboxylic acids is 1. The Bertz CT molecular complexity index is 2360. The van der Waals surface area contributed by atoms with Crippen molar-refractivity contribution in [1.29, 1.82) is 0 Å². The molecule has 0 radical (unpaired) electrons. The number of hydrogen-bond donors (Lipinski definition) is 3. The van der Waals surface area contributed by atoms with Crippen LogP contribution >= 0.6 is 24.4 Å². The maximum atomic E-state index is 12.7. The molecule has 0 aromatic carbocycles. The predicted molar refractivity (Wildman–Crippen MR) is 622 cm³/mol. The van der Waals surface area contributed by atoms with E-state index in [-0.39, 0.29) is 36.0 Å². The summed E-state index contributed by atoms with van der Waals surface area (Å²) in [7, 11) is 7.05. The van der Waals surface area contributed by atoms with Crippen molar-refractivity contribution in [1.82, 2.24) is 9.80 Å². The largest absolute Gasteiger partial charge is 1.00 e. The van der Waals surface area contributed by atoms with Crippen LogP contribution in [0.3, 0.4) is 0 Å². The average Bonchev–Trinajstić information content (AvgIpc) is 0.957. The summed E-state index contributed by atoms with van der Waals surface area (Å²) < 4.78 is 22.1. The van der Waals surface area contributed by atoms with Crippen molar-refractivity contribution in [3.63, 3.8) is 0 Å². The van der Waals surface area contributed by atoms with Crippen molar-refractivity contribution in [3.8, 4) is 0 Å². The van der Waals surface area contributed by atoms with Crippen LogP contribution in [0.1, 0.15) is 576 Å². The second-order valence-electron chi connectivity index (χ2n) is 39.3. The molecule has 0 aliphatic rings. The molecule has 0 saturated heterocycles. The summed E-state index contributed by atoms with van der Waals surface area (Å²) in [5.74, 6) is 0.225. The van der Waals surface area contributed by atoms with Crippen molar-refractivity contribution < 1.29 is 54.6 Å². The smallest absolute Gasteiger partial charge is 0.628 e. The van der Waals surface area contributed by atoms with Gasteiger partial charge in [0.2, 0.25) is 0 Å². The van der Waals surface area contributed by atoms with Crippen LogP contribution in [-0.2, 0) is 22.5 Å². The summed E-state index contributed by atoms with van der Waals surface area (Å²) in [4.78, 5) is 26.8. The molecule has 0 rings (SSSR count). The zero-order valence-corrected chi connectivity index (χ0v) is 97.5. The Morgan fingerprint density at radius 1 is 0.287 bits per heavy atom. The van der Waals surface area contributed by atoms with E-state index >= 15 is 0 Å². The first-order chi connectivity index (χ1) is 66.8. The number of rotatable bonds is 99. The molecule has 0 unspecified atom stereocenters. The van der Waals surface area contributed by atoms with E-state index in [1.165, 1.54) is 462 Å². The Morgan fingerprint density at radius 2 is 0.456 bits per heavy atom. The van der Waals surface area contributed by atoms with Crippen LogP contribution < -0.4 is 29.6 Å². The van der Waals surface area contributed by atoms with Gasteiger partial charge in [0.15, 0.2) is 5.12 Å². The van der Waals surface area contributed by atoms with Crippen molar-refractivity contribution in [3.05, 3.63) is 146 Å². The van der Waals surface area contributed by atoms with Crippen LogP contribution in [0.5, 0.6) is 0 Å². The molecule has 11 heteroatoms. The SMILES string of the molecule is CCCCC/C=C\C/C=C\CCCCCCCCC(C)CCCCCCCC/C=C\C/C=C\CCCCC.CCCCC/C=C\C/C=C\CCCCCCCCC(CCCCCCCC/C=C\C/C=C\CCCCC)SC(=O)CCCN(C)C.CCCCC/C=C\C/C=C\CCCCCCCCC(S)CCCCCCCC/C=C\C/C=C\CCCCC.CN(C)CCCC(=O)O.O[S-].[2H]CF.[Na+]. The minimum atomic E-state index is -1.00. The summed E-state index contributed by atoms with van der Waals surface area (Å²) in [5.41, 5.74) is 0. The molecule has 0 aliphatic carbocycles. The minimum absolute atomic E-state index is 0. The topological polar surface area (TPSA) is 81.1 Å². The third kappa shape index (κ3) is 152. The fourth-order valence-electron chi connectivity index (χ4n) is 16.3. The first-order valence-electron chi connectivity index (χ1n) is 58.7. The Balaban J connectivity index is -0.000000345. The van der Waals surface area contributed by atoms with Gasteiger partial charge in [-0.1, -0.05) is 489 Å². The summed E-state index contributed by atoms with van der Waals surface area (Å²) in [5, 5.41) is 9.79. The molecule has 0 fully saturated rings. The van der Waals surface area contributed by atoms with Gasteiger partial charge >= 0.3 is 35.5 Å². The van der Waals surface area contributed by atoms with Crippen molar-refractivity contribution in [2.24, 2.45) is 5.92 Å². The first-order valence-corrected chi connectivity index (χ1v) is 59.7. The minimum Gasteiger partial charge on any atom is -0.628 e. The molecule has 0 aliphatic heterocycles. The third-order valence-corrected chi connectivity index (χ3v) is 26.8. The molecular formula is C125H234FN2NaO4S3. The van der Waals surface area contributed by atoms with E-state index in [0.29, 0.717) is 15.6 Å². The monoisotopic (exact) mass is 1970 g/mol. The Labute approximate surface area is 891 Å². The van der Waals surface area contributed by atoms with E-state index in [2.05, 4.69) is 226 Å². The molecule has 0 spiro atoms. The Morgan fingerprint density at radius 3 is 0.647 bits per heavy atom. The Kier molecular flexibility index (Phi) is 150. The summed E-state index contributed by atoms with van der Waals surface area (Å²) >= 11 is 9.63. The van der Waals surface area contributed by atoms with Gasteiger partial charge in [0.05, 0.1) is 8.52 Å². The number of halogens is 1. The van der Waals surface area contributed by atoms with Gasteiger partial charge in [-0.2, -0.15) is 12.6 Å². The quantitative estimate of drug-likeness (QED) is 0.0183. The van der Waals surface area contributed by atoms with E-state index in [9.17, 15) is 14.0 Å². The number of carboxylic acid groups (broad SMARTS) is 1. The van der Waals surface area contributed by atoms with Crippen molar-refractivity contribution in [2.75, 3.05) is 48.4 Å². The van der Waals surface area contributed by atoms with E-state index < -0.39 is 13.1 Å². The number of nitrogens with zero attached hydrogens (tertiary/aromatic N) is 2. The number of aliphatic carboxylic acids is 1. The van der Waals surface area contributed by atoms with Gasteiger partial charge in [0.1, 0.15) is 0 Å². The fourth-order valence-corrected chi connectivity index (χ4v) is 17.9. The molecule has 2 N–H and O–H groups in total. The molecule has 0 aromatic rings. The van der Waals surface area contributed by atoms with Gasteiger partial charge in [-0.05, 0) is 278 Å². The summed E-state index contributed by atoms with van der Waals surface area (Å²) in [6.45, 7) is 18.0. The van der Waals surface area contributed by atoms with Crippen LogP contribution in [-0.4, -0.2) is 89.5 Å². The fraction of sp³-hybridized carbons (Fsp3) is 0.792. The molecule has 6 nitrogen and oxygen atoms in total. The predicted octanol–water partition coefficient (Wildman–Crippen LogP) is 40.1. The number of carbonyl (C=O) groups is 2. The number of alkyl halides is 1.